The smallest absolute Gasteiger partial charge is 0.0665 e. The van der Waals surface area contributed by atoms with E-state index in [1.807, 2.05) is 0 Å². The van der Waals surface area contributed by atoms with Gasteiger partial charge in [-0.3, -0.25) is 0 Å². The van der Waals surface area contributed by atoms with Crippen molar-refractivity contribution in [2.75, 3.05) is 13.1 Å². The number of piperidine rings is 1. The molecule has 0 radical (unpaired) electrons. The lowest BCUT2D eigenvalue weighted by molar-refractivity contribution is 0.142. The van der Waals surface area contributed by atoms with Crippen molar-refractivity contribution in [2.45, 2.75) is 18.9 Å². The van der Waals surface area contributed by atoms with Gasteiger partial charge in [0.05, 0.1) is 6.10 Å². The van der Waals surface area contributed by atoms with Gasteiger partial charge in [0.15, 0.2) is 0 Å². The van der Waals surface area contributed by atoms with Crippen LogP contribution in [0.15, 0.2) is 0 Å². The molecule has 2 N–H and O–H groups in total. The molecule has 50 valence electrons. The fourth-order valence-electron chi connectivity index (χ4n) is 0.833. The average molecular weight is 182 g/mol. The lowest BCUT2D eigenvalue weighted by Gasteiger charge is -2.16. The quantitative estimate of drug-likeness (QED) is 0.565. The Morgan fingerprint density at radius 3 is 2.50 bits per heavy atom. The lowest BCUT2D eigenvalue weighted by Crippen LogP contribution is -2.33. The predicted molar refractivity (Wildman–Crippen MR) is 38.4 cm³/mol. The third-order valence-corrected chi connectivity index (χ3v) is 1.27. The molecule has 2 nitrogen and oxygen atoms in total. The van der Waals surface area contributed by atoms with Crippen molar-refractivity contribution in [1.29, 1.82) is 0 Å². The van der Waals surface area contributed by atoms with Crippen molar-refractivity contribution in [3.8, 4) is 0 Å². The molecule has 1 heterocycles. The number of aliphatic hydroxyl groups is 1. The summed E-state index contributed by atoms with van der Waals surface area (Å²) in [5.74, 6) is 0. The van der Waals surface area contributed by atoms with Crippen molar-refractivity contribution in [3.05, 3.63) is 0 Å². The molecule has 1 unspecified atom stereocenters. The molecule has 1 aliphatic heterocycles. The minimum Gasteiger partial charge on any atom is -0.392 e. The Morgan fingerprint density at radius 1 is 1.50 bits per heavy atom. The second-order valence-corrected chi connectivity index (χ2v) is 2.00. The van der Waals surface area contributed by atoms with Crippen molar-refractivity contribution in [2.24, 2.45) is 0 Å². The van der Waals surface area contributed by atoms with E-state index in [2.05, 4.69) is 5.32 Å². The molecule has 1 atom stereocenters. The third kappa shape index (κ3) is 2.64. The van der Waals surface area contributed by atoms with Gasteiger partial charge in [0.25, 0.3) is 0 Å². The Balaban J connectivity index is 0.000000490. The molecular weight excluding hydrogens is 170 g/mol. The molecule has 0 aromatic rings. The zero-order valence-electron chi connectivity index (χ0n) is 4.76. The van der Waals surface area contributed by atoms with Crippen LogP contribution in [0, 0.1) is 0 Å². The monoisotopic (exact) mass is 181 g/mol. The van der Waals surface area contributed by atoms with Crippen LogP contribution in [0.25, 0.3) is 0 Å². The summed E-state index contributed by atoms with van der Waals surface area (Å²) in [7, 11) is 0. The van der Waals surface area contributed by atoms with Gasteiger partial charge >= 0.3 is 0 Å². The number of nitrogens with one attached hydrogen (secondary N) is 1. The van der Waals surface area contributed by atoms with Crippen LogP contribution < -0.4 is 5.32 Å². The van der Waals surface area contributed by atoms with E-state index < -0.39 is 0 Å². The maximum atomic E-state index is 8.85. The number of aliphatic hydroxyl groups excluding tert-OH is 1. The molecule has 0 aliphatic carbocycles. The van der Waals surface area contributed by atoms with Gasteiger partial charge in [-0.2, -0.15) is 0 Å². The number of β-amino-alcohol motifs (C(OH)–C–C–N with tert-alkyl or cyclic N) is 1. The van der Waals surface area contributed by atoms with E-state index in [1.165, 1.54) is 0 Å². The molecule has 1 rings (SSSR count). The molecule has 1 aliphatic rings. The van der Waals surface area contributed by atoms with Gasteiger partial charge in [0.1, 0.15) is 0 Å². The lowest BCUT2D eigenvalue weighted by atomic mass is 10.1. The third-order valence-electron chi connectivity index (χ3n) is 1.27. The number of rotatable bonds is 0. The summed E-state index contributed by atoms with van der Waals surface area (Å²) < 4.78 is 0. The van der Waals surface area contributed by atoms with Crippen LogP contribution >= 0.6 is 17.0 Å². The van der Waals surface area contributed by atoms with Crippen LogP contribution in [0.2, 0.25) is 0 Å². The molecule has 3 heteroatoms. The predicted octanol–water partition coefficient (Wildman–Crippen LogP) is 0.309. The molecule has 0 saturated carbocycles. The summed E-state index contributed by atoms with van der Waals surface area (Å²) >= 11 is 0. The van der Waals surface area contributed by atoms with E-state index in [9.17, 15) is 0 Å². The van der Waals surface area contributed by atoms with E-state index in [0.29, 0.717) is 0 Å². The molecule has 8 heavy (non-hydrogen) atoms. The van der Waals surface area contributed by atoms with Crippen LogP contribution in [-0.2, 0) is 0 Å². The molecule has 1 saturated heterocycles. The Kier molecular flexibility index (Phi) is 4.51. The molecule has 0 amide bonds. The highest BCUT2D eigenvalue weighted by Gasteiger charge is 2.06. The molecular formula is C5H12BrNO. The first-order valence-electron chi connectivity index (χ1n) is 2.78. The highest BCUT2D eigenvalue weighted by atomic mass is 79.9. The van der Waals surface area contributed by atoms with Gasteiger partial charge in [0, 0.05) is 6.54 Å². The first-order chi connectivity index (χ1) is 3.39. The van der Waals surface area contributed by atoms with Gasteiger partial charge in [0.2, 0.25) is 0 Å². The summed E-state index contributed by atoms with van der Waals surface area (Å²) in [6.07, 6.45) is 2.03. The topological polar surface area (TPSA) is 32.3 Å². The highest BCUT2D eigenvalue weighted by molar-refractivity contribution is 8.93. The Bertz CT molecular complexity index is 54.4. The first kappa shape index (κ1) is 8.40. The Hall–Kier alpha value is 0.400. The largest absolute Gasteiger partial charge is 0.392 e. The van der Waals surface area contributed by atoms with Gasteiger partial charge in [-0.15, -0.1) is 17.0 Å². The van der Waals surface area contributed by atoms with Crippen LogP contribution in [0.1, 0.15) is 12.8 Å². The normalized spacial score (nSPS) is 28.9. The van der Waals surface area contributed by atoms with E-state index in [4.69, 9.17) is 5.11 Å². The molecule has 0 bridgehead atoms. The minimum atomic E-state index is -0.0752. The standard InChI is InChI=1S/C5H11NO.BrH/c7-5-2-1-3-6-4-5;/h5-7H,1-4H2;1H. The minimum absolute atomic E-state index is 0. The number of halogens is 1. The molecule has 0 aromatic carbocycles. The SMILES string of the molecule is Br.OC1CCCNC1. The fourth-order valence-corrected chi connectivity index (χ4v) is 0.833. The Morgan fingerprint density at radius 2 is 2.25 bits per heavy atom. The van der Waals surface area contributed by atoms with Gasteiger partial charge in [-0.05, 0) is 19.4 Å². The van der Waals surface area contributed by atoms with Crippen molar-refractivity contribution < 1.29 is 5.11 Å². The summed E-state index contributed by atoms with van der Waals surface area (Å²) in [6, 6.07) is 0. The van der Waals surface area contributed by atoms with Gasteiger partial charge < -0.3 is 10.4 Å². The summed E-state index contributed by atoms with van der Waals surface area (Å²) in [4.78, 5) is 0. The van der Waals surface area contributed by atoms with E-state index in [1.54, 1.807) is 0 Å². The molecule has 0 aromatic heterocycles. The van der Waals surface area contributed by atoms with E-state index >= 15 is 0 Å². The second kappa shape index (κ2) is 4.30. The Labute approximate surface area is 60.0 Å². The van der Waals surface area contributed by atoms with E-state index in [0.717, 1.165) is 25.9 Å². The summed E-state index contributed by atoms with van der Waals surface area (Å²) in [5.41, 5.74) is 0. The van der Waals surface area contributed by atoms with Crippen LogP contribution in [0.3, 0.4) is 0 Å². The van der Waals surface area contributed by atoms with Gasteiger partial charge in [-0.25, -0.2) is 0 Å². The fraction of sp³-hybridized carbons (Fsp3) is 1.00. The molecule has 0 spiro atoms. The van der Waals surface area contributed by atoms with Crippen molar-refractivity contribution in [1.82, 2.24) is 5.32 Å². The maximum absolute atomic E-state index is 8.85. The summed E-state index contributed by atoms with van der Waals surface area (Å²) in [6.45, 7) is 1.87. The van der Waals surface area contributed by atoms with Crippen LogP contribution in [0.5, 0.6) is 0 Å². The zero-order valence-corrected chi connectivity index (χ0v) is 6.47. The highest BCUT2D eigenvalue weighted by Crippen LogP contribution is 1.98. The number of hydrogen-bond acceptors (Lipinski definition) is 2. The van der Waals surface area contributed by atoms with Crippen molar-refractivity contribution in [3.63, 3.8) is 0 Å². The summed E-state index contributed by atoms with van der Waals surface area (Å²) in [5, 5.41) is 11.9. The number of hydrogen-bond donors (Lipinski definition) is 2. The zero-order chi connectivity index (χ0) is 5.11. The van der Waals surface area contributed by atoms with Crippen LogP contribution in [0.4, 0.5) is 0 Å². The molecule has 1 fully saturated rings. The second-order valence-electron chi connectivity index (χ2n) is 2.00. The van der Waals surface area contributed by atoms with Crippen LogP contribution in [-0.4, -0.2) is 24.3 Å². The van der Waals surface area contributed by atoms with E-state index in [-0.39, 0.29) is 23.1 Å². The van der Waals surface area contributed by atoms with Gasteiger partial charge in [-0.1, -0.05) is 0 Å². The average Bonchev–Trinajstić information content (AvgIpc) is 1.69. The first-order valence-corrected chi connectivity index (χ1v) is 2.78. The maximum Gasteiger partial charge on any atom is 0.0665 e. The van der Waals surface area contributed by atoms with Crippen molar-refractivity contribution >= 4 is 17.0 Å².